The van der Waals surface area contributed by atoms with Gasteiger partial charge in [0.15, 0.2) is 0 Å². The highest BCUT2D eigenvalue weighted by Crippen LogP contribution is 2.26. The first-order valence-electron chi connectivity index (χ1n) is 10.9. The van der Waals surface area contributed by atoms with Crippen LogP contribution in [-0.4, -0.2) is 115 Å². The summed E-state index contributed by atoms with van der Waals surface area (Å²) in [6.45, 7) is 6.25. The molecule has 2 fully saturated rings. The van der Waals surface area contributed by atoms with E-state index in [1.54, 1.807) is 4.90 Å². The molecule has 9 nitrogen and oxygen atoms in total. The van der Waals surface area contributed by atoms with Gasteiger partial charge in [-0.2, -0.15) is 26.3 Å². The van der Waals surface area contributed by atoms with Gasteiger partial charge in [-0.15, -0.1) is 11.3 Å². The minimum Gasteiger partial charge on any atom is -0.475 e. The van der Waals surface area contributed by atoms with Crippen LogP contribution in [0.1, 0.15) is 11.3 Å². The molecule has 1 amide bonds. The van der Waals surface area contributed by atoms with Gasteiger partial charge in [0.2, 0.25) is 5.91 Å². The van der Waals surface area contributed by atoms with Gasteiger partial charge in [0, 0.05) is 51.1 Å². The van der Waals surface area contributed by atoms with E-state index in [2.05, 4.69) is 27.3 Å². The van der Waals surface area contributed by atoms with Crippen molar-refractivity contribution in [1.29, 1.82) is 0 Å². The monoisotopic (exact) mass is 565 g/mol. The zero-order valence-electron chi connectivity index (χ0n) is 20.1. The predicted octanol–water partition coefficient (Wildman–Crippen LogP) is 2.63. The van der Waals surface area contributed by atoms with E-state index >= 15 is 0 Å². The summed E-state index contributed by atoms with van der Waals surface area (Å²) in [5.41, 5.74) is 0. The van der Waals surface area contributed by atoms with Crippen molar-refractivity contribution in [2.24, 2.45) is 5.92 Å². The number of halogens is 6. The van der Waals surface area contributed by atoms with Crippen molar-refractivity contribution in [1.82, 2.24) is 14.7 Å². The highest BCUT2D eigenvalue weighted by atomic mass is 32.1. The molecule has 1 aromatic rings. The Morgan fingerprint density at radius 1 is 1.03 bits per heavy atom. The second kappa shape index (κ2) is 14.5. The summed E-state index contributed by atoms with van der Waals surface area (Å²) in [6.07, 6.45) is -8.70. The fourth-order valence-electron chi connectivity index (χ4n) is 3.43. The number of alkyl halides is 6. The number of likely N-dealkylation sites (tertiary alicyclic amines) is 1. The van der Waals surface area contributed by atoms with Crippen LogP contribution >= 0.6 is 11.3 Å². The van der Waals surface area contributed by atoms with Crippen LogP contribution in [0.15, 0.2) is 17.5 Å². The Bertz CT molecular complexity index is 842. The predicted molar refractivity (Wildman–Crippen MR) is 120 cm³/mol. The van der Waals surface area contributed by atoms with Crippen LogP contribution in [0.3, 0.4) is 0 Å². The van der Waals surface area contributed by atoms with Gasteiger partial charge < -0.3 is 19.8 Å². The molecule has 1 aromatic heterocycles. The first-order chi connectivity index (χ1) is 17.0. The number of likely N-dealkylation sites (N-methyl/N-ethyl adjacent to an activating group) is 1. The molecule has 16 heteroatoms. The van der Waals surface area contributed by atoms with E-state index in [1.165, 1.54) is 4.88 Å². The summed E-state index contributed by atoms with van der Waals surface area (Å²) in [7, 11) is 3.64. The van der Waals surface area contributed by atoms with Crippen LogP contribution in [0.4, 0.5) is 26.3 Å². The number of carboxylic acids is 2. The third-order valence-electron chi connectivity index (χ3n) is 5.31. The maximum absolute atomic E-state index is 11.9. The van der Waals surface area contributed by atoms with E-state index < -0.39 is 24.3 Å². The number of carbonyl (C=O) groups excluding carboxylic acids is 1. The van der Waals surface area contributed by atoms with Crippen LogP contribution in [0.2, 0.25) is 0 Å². The fourth-order valence-corrected chi connectivity index (χ4v) is 4.17. The third kappa shape index (κ3) is 12.6. The molecule has 0 aliphatic carbocycles. The largest absolute Gasteiger partial charge is 0.490 e. The second-order valence-electron chi connectivity index (χ2n) is 8.40. The SMILES string of the molecule is CN(C)C(=O)CN1CCO[C@@H]2CN(Cc3cccs3)CC[C@@H]2C1.O=C(O)C(F)(F)F.O=C(O)C(F)(F)F. The number of carbonyl (C=O) groups is 3. The summed E-state index contributed by atoms with van der Waals surface area (Å²) in [5, 5.41) is 16.4. The number of aliphatic carboxylic acids is 2. The standard InChI is InChI=1S/C17H27N3O2S.2C2HF3O2/c1-18(2)17(21)13-20-7-8-22-16-12-19(6-5-14(16)10-20)11-15-4-3-9-23-15;2*3-2(4,5)1(6)7/h3-4,9,14,16H,5-8,10-13H2,1-2H3;2*(H,6,7)/t14-,16-;;/m1../s1. The lowest BCUT2D eigenvalue weighted by Crippen LogP contribution is -2.47. The summed E-state index contributed by atoms with van der Waals surface area (Å²) in [5.74, 6) is -4.79. The molecular weight excluding hydrogens is 536 g/mol. The topological polar surface area (TPSA) is 111 Å². The number of carboxylic acid groups (broad SMARTS) is 2. The number of hydrogen-bond donors (Lipinski definition) is 2. The van der Waals surface area contributed by atoms with Gasteiger partial charge in [-0.25, -0.2) is 9.59 Å². The Balaban J connectivity index is 0.000000404. The fraction of sp³-hybridized carbons (Fsp3) is 0.667. The molecule has 0 saturated carbocycles. The molecule has 2 atom stereocenters. The first-order valence-corrected chi connectivity index (χ1v) is 11.8. The van der Waals surface area contributed by atoms with Gasteiger partial charge in [0.25, 0.3) is 0 Å². The molecule has 212 valence electrons. The van der Waals surface area contributed by atoms with Crippen molar-refractivity contribution < 1.29 is 55.7 Å². The van der Waals surface area contributed by atoms with Crippen molar-refractivity contribution in [3.8, 4) is 0 Å². The lowest BCUT2D eigenvalue weighted by molar-refractivity contribution is -0.193. The Morgan fingerprint density at radius 3 is 2.05 bits per heavy atom. The summed E-state index contributed by atoms with van der Waals surface area (Å²) in [4.78, 5) is 37.6. The number of nitrogens with zero attached hydrogens (tertiary/aromatic N) is 3. The molecule has 0 bridgehead atoms. The molecule has 37 heavy (non-hydrogen) atoms. The average Bonchev–Trinajstić information content (AvgIpc) is 3.19. The summed E-state index contributed by atoms with van der Waals surface area (Å²) < 4.78 is 69.6. The van der Waals surface area contributed by atoms with Crippen molar-refractivity contribution >= 4 is 29.2 Å². The normalized spacial score (nSPS) is 20.8. The average molecular weight is 566 g/mol. The quantitative estimate of drug-likeness (QED) is 0.537. The van der Waals surface area contributed by atoms with Crippen LogP contribution in [0.5, 0.6) is 0 Å². The lowest BCUT2D eigenvalue weighted by atomic mass is 9.93. The van der Waals surface area contributed by atoms with Crippen molar-refractivity contribution in [3.05, 3.63) is 22.4 Å². The number of hydrogen-bond acceptors (Lipinski definition) is 7. The highest BCUT2D eigenvalue weighted by Gasteiger charge is 2.39. The molecular formula is C21H29F6N3O6S. The van der Waals surface area contributed by atoms with E-state index in [0.717, 1.165) is 45.8 Å². The van der Waals surface area contributed by atoms with Gasteiger partial charge >= 0.3 is 24.3 Å². The molecule has 0 spiro atoms. The number of thiophene rings is 1. The molecule has 0 aromatic carbocycles. The van der Waals surface area contributed by atoms with Crippen LogP contribution < -0.4 is 0 Å². The van der Waals surface area contributed by atoms with Crippen LogP contribution in [0.25, 0.3) is 0 Å². The van der Waals surface area contributed by atoms with Crippen LogP contribution in [-0.2, 0) is 25.7 Å². The Morgan fingerprint density at radius 2 is 1.59 bits per heavy atom. The van der Waals surface area contributed by atoms with E-state index in [-0.39, 0.29) is 5.91 Å². The number of fused-ring (bicyclic) bond motifs is 1. The van der Waals surface area contributed by atoms with Crippen LogP contribution in [0, 0.1) is 5.92 Å². The molecule has 3 heterocycles. The molecule has 2 aliphatic heterocycles. The molecule has 3 rings (SSSR count). The maximum Gasteiger partial charge on any atom is 0.490 e. The van der Waals surface area contributed by atoms with Gasteiger partial charge in [0.1, 0.15) is 0 Å². The number of amides is 1. The Labute approximate surface area is 213 Å². The van der Waals surface area contributed by atoms with E-state index in [0.29, 0.717) is 18.6 Å². The van der Waals surface area contributed by atoms with E-state index in [1.807, 2.05) is 25.4 Å². The molecule has 0 radical (unpaired) electrons. The zero-order valence-corrected chi connectivity index (χ0v) is 20.9. The van der Waals surface area contributed by atoms with E-state index in [4.69, 9.17) is 24.5 Å². The van der Waals surface area contributed by atoms with Gasteiger partial charge in [-0.05, 0) is 24.4 Å². The van der Waals surface area contributed by atoms with Crippen molar-refractivity contribution in [2.75, 3.05) is 53.4 Å². The molecule has 2 N–H and O–H groups in total. The minimum absolute atomic E-state index is 0.179. The zero-order chi connectivity index (χ0) is 28.4. The molecule has 2 aliphatic rings. The van der Waals surface area contributed by atoms with Crippen molar-refractivity contribution in [2.45, 2.75) is 31.4 Å². The summed E-state index contributed by atoms with van der Waals surface area (Å²) in [6, 6.07) is 4.33. The number of rotatable bonds is 4. The second-order valence-corrected chi connectivity index (χ2v) is 9.43. The minimum atomic E-state index is -5.08. The number of piperidine rings is 1. The lowest BCUT2D eigenvalue weighted by Gasteiger charge is -2.37. The Kier molecular flexibility index (Phi) is 12.8. The first kappa shape index (κ1) is 32.6. The van der Waals surface area contributed by atoms with Gasteiger partial charge in [0.05, 0.1) is 19.3 Å². The van der Waals surface area contributed by atoms with Gasteiger partial charge in [-0.1, -0.05) is 6.07 Å². The van der Waals surface area contributed by atoms with E-state index in [9.17, 15) is 31.1 Å². The molecule has 2 saturated heterocycles. The Hall–Kier alpha value is -2.43. The van der Waals surface area contributed by atoms with Gasteiger partial charge in [-0.3, -0.25) is 14.6 Å². The van der Waals surface area contributed by atoms with Crippen molar-refractivity contribution in [3.63, 3.8) is 0 Å². The number of ether oxygens (including phenoxy) is 1. The molecule has 0 unspecified atom stereocenters. The highest BCUT2D eigenvalue weighted by molar-refractivity contribution is 7.09. The third-order valence-corrected chi connectivity index (χ3v) is 6.18. The maximum atomic E-state index is 11.9. The summed E-state index contributed by atoms with van der Waals surface area (Å²) >= 11 is 1.83. The smallest absolute Gasteiger partial charge is 0.475 e.